The van der Waals surface area contributed by atoms with Crippen LogP contribution in [0.4, 0.5) is 0 Å². The molecule has 0 amide bonds. The van der Waals surface area contributed by atoms with Crippen molar-refractivity contribution in [3.05, 3.63) is 58.0 Å². The van der Waals surface area contributed by atoms with Crippen LogP contribution in [0.1, 0.15) is 61.3 Å². The highest BCUT2D eigenvalue weighted by atomic mass is 14.2. The van der Waals surface area contributed by atoms with Crippen molar-refractivity contribution in [2.45, 2.75) is 61.3 Å². The topological polar surface area (TPSA) is 0 Å². The van der Waals surface area contributed by atoms with Gasteiger partial charge in [0.05, 0.1) is 0 Å². The van der Waals surface area contributed by atoms with Gasteiger partial charge in [-0.2, -0.15) is 0 Å². The average Bonchev–Trinajstić information content (AvgIpc) is 2.52. The molecule has 0 saturated heterocycles. The van der Waals surface area contributed by atoms with E-state index >= 15 is 0 Å². The zero-order valence-electron chi connectivity index (χ0n) is 15.7. The summed E-state index contributed by atoms with van der Waals surface area (Å²) in [5.41, 5.74) is 4.18. The monoisotopic (exact) mass is 298 g/mol. The maximum atomic E-state index is 4.17. The Morgan fingerprint density at radius 3 is 2.05 bits per heavy atom. The van der Waals surface area contributed by atoms with Gasteiger partial charge in [-0.25, -0.2) is 0 Å². The van der Waals surface area contributed by atoms with Crippen molar-refractivity contribution >= 4 is 12.2 Å². The number of allylic oxidation sites excluding steroid dienone is 4. The molecule has 1 aromatic rings. The van der Waals surface area contributed by atoms with E-state index in [-0.39, 0.29) is 0 Å². The number of rotatable bonds is 5. The summed E-state index contributed by atoms with van der Waals surface area (Å²) < 4.78 is 0. The third kappa shape index (κ3) is 5.67. The summed E-state index contributed by atoms with van der Waals surface area (Å²) in [5, 5.41) is 2.36. The first-order valence-corrected chi connectivity index (χ1v) is 8.68. The largest absolute Gasteiger partial charge is 0.0911 e. The molecule has 0 aliphatic heterocycles. The molecule has 0 nitrogen and oxygen atoms in total. The van der Waals surface area contributed by atoms with Crippen LogP contribution in [0.25, 0.3) is 12.2 Å². The van der Waals surface area contributed by atoms with Crippen LogP contribution in [0, 0.1) is 5.92 Å². The van der Waals surface area contributed by atoms with E-state index in [0.29, 0.717) is 5.92 Å². The van der Waals surface area contributed by atoms with E-state index in [4.69, 9.17) is 0 Å². The van der Waals surface area contributed by atoms with Crippen LogP contribution >= 0.6 is 0 Å². The Balaban J connectivity index is 0.00000211. The van der Waals surface area contributed by atoms with Gasteiger partial charge >= 0.3 is 0 Å². The molecule has 122 valence electrons. The van der Waals surface area contributed by atoms with Gasteiger partial charge in [-0.15, -0.1) is 0 Å². The molecular weight excluding hydrogens is 264 g/mol. The van der Waals surface area contributed by atoms with Gasteiger partial charge in [0.2, 0.25) is 0 Å². The normalized spacial score (nSPS) is 13.6. The summed E-state index contributed by atoms with van der Waals surface area (Å²) in [6.07, 6.45) is 6.85. The van der Waals surface area contributed by atoms with Crippen LogP contribution < -0.4 is 10.4 Å². The van der Waals surface area contributed by atoms with Crippen LogP contribution in [-0.2, 0) is 0 Å². The Kier molecular flexibility index (Phi) is 10.3. The minimum absolute atomic E-state index is 0.541. The van der Waals surface area contributed by atoms with Crippen LogP contribution in [0.5, 0.6) is 0 Å². The standard InChI is InChI=1S/C20H28.C2H6/c1-7-11-18(15(3)4)20(12-8-2)17(6)19-14-10-9-13-16(19)5;1-2/h9-15H,5,7-8H2,1-4,6H3;1-2H3/b18-11-,19-17-,20-12-;. The molecule has 0 aliphatic rings. The Bertz CT molecular complexity index is 597. The van der Waals surface area contributed by atoms with Gasteiger partial charge < -0.3 is 0 Å². The van der Waals surface area contributed by atoms with E-state index in [0.717, 1.165) is 18.1 Å². The molecule has 0 aliphatic carbocycles. The minimum atomic E-state index is 0.541. The van der Waals surface area contributed by atoms with E-state index in [1.165, 1.54) is 21.9 Å². The summed E-state index contributed by atoms with van der Waals surface area (Å²) in [5.74, 6) is 0.541. The van der Waals surface area contributed by atoms with E-state index in [1.54, 1.807) is 0 Å². The van der Waals surface area contributed by atoms with Crippen molar-refractivity contribution in [1.29, 1.82) is 0 Å². The molecule has 0 heterocycles. The molecule has 22 heavy (non-hydrogen) atoms. The summed E-state index contributed by atoms with van der Waals surface area (Å²) in [6.45, 7) is 19.3. The van der Waals surface area contributed by atoms with Gasteiger partial charge in [0.25, 0.3) is 0 Å². The molecule has 0 saturated carbocycles. The molecule has 0 bridgehead atoms. The van der Waals surface area contributed by atoms with Gasteiger partial charge in [-0.05, 0) is 52.8 Å². The smallest absolute Gasteiger partial charge is 0.0155 e. The van der Waals surface area contributed by atoms with Gasteiger partial charge in [0.15, 0.2) is 0 Å². The van der Waals surface area contributed by atoms with Crippen LogP contribution in [-0.4, -0.2) is 0 Å². The Labute approximate surface area is 138 Å². The highest BCUT2D eigenvalue weighted by molar-refractivity contribution is 5.70. The second-order valence-electron chi connectivity index (χ2n) is 5.53. The molecule has 0 spiro atoms. The van der Waals surface area contributed by atoms with Crippen LogP contribution in [0.2, 0.25) is 0 Å². The number of hydrogen-bond acceptors (Lipinski definition) is 0. The van der Waals surface area contributed by atoms with Gasteiger partial charge in [-0.3, -0.25) is 0 Å². The lowest BCUT2D eigenvalue weighted by Crippen LogP contribution is -2.25. The van der Waals surface area contributed by atoms with E-state index in [2.05, 4.69) is 71.5 Å². The molecule has 1 rings (SSSR count). The molecule has 0 N–H and O–H groups in total. The van der Waals surface area contributed by atoms with Crippen LogP contribution in [0.15, 0.2) is 47.6 Å². The lowest BCUT2D eigenvalue weighted by Gasteiger charge is -2.17. The molecule has 1 aromatic carbocycles. The second kappa shape index (κ2) is 11.1. The Morgan fingerprint density at radius 2 is 1.59 bits per heavy atom. The summed E-state index contributed by atoms with van der Waals surface area (Å²) in [7, 11) is 0. The quantitative estimate of drug-likeness (QED) is 0.619. The van der Waals surface area contributed by atoms with E-state index in [9.17, 15) is 0 Å². The van der Waals surface area contributed by atoms with Crippen molar-refractivity contribution < 1.29 is 0 Å². The van der Waals surface area contributed by atoms with Crippen molar-refractivity contribution in [3.8, 4) is 0 Å². The van der Waals surface area contributed by atoms with Crippen molar-refractivity contribution in [3.63, 3.8) is 0 Å². The van der Waals surface area contributed by atoms with Gasteiger partial charge in [0.1, 0.15) is 0 Å². The molecular formula is C22H34. The van der Waals surface area contributed by atoms with Crippen molar-refractivity contribution in [1.82, 2.24) is 0 Å². The van der Waals surface area contributed by atoms with Crippen molar-refractivity contribution in [2.24, 2.45) is 5.92 Å². The minimum Gasteiger partial charge on any atom is -0.0911 e. The maximum absolute atomic E-state index is 4.17. The average molecular weight is 299 g/mol. The Hall–Kier alpha value is -1.56. The molecule has 0 aromatic heterocycles. The molecule has 0 radical (unpaired) electrons. The first-order valence-electron chi connectivity index (χ1n) is 8.68. The summed E-state index contributed by atoms with van der Waals surface area (Å²) >= 11 is 0. The summed E-state index contributed by atoms with van der Waals surface area (Å²) in [6, 6.07) is 8.40. The fourth-order valence-electron chi connectivity index (χ4n) is 2.60. The highest BCUT2D eigenvalue weighted by Crippen LogP contribution is 2.26. The predicted octanol–water partition coefficient (Wildman–Crippen LogP) is 5.62. The first kappa shape index (κ1) is 20.4. The maximum Gasteiger partial charge on any atom is -0.0155 e. The second-order valence-corrected chi connectivity index (χ2v) is 5.53. The Morgan fingerprint density at radius 1 is 1.05 bits per heavy atom. The predicted molar refractivity (Wildman–Crippen MR) is 103 cm³/mol. The lowest BCUT2D eigenvalue weighted by atomic mass is 9.88. The zero-order valence-corrected chi connectivity index (χ0v) is 15.7. The van der Waals surface area contributed by atoms with Crippen LogP contribution in [0.3, 0.4) is 0 Å². The fraction of sp³-hybridized carbons (Fsp3) is 0.455. The number of benzene rings is 1. The molecule has 0 fully saturated rings. The zero-order chi connectivity index (χ0) is 17.1. The van der Waals surface area contributed by atoms with Crippen molar-refractivity contribution in [2.75, 3.05) is 0 Å². The molecule has 0 heteroatoms. The van der Waals surface area contributed by atoms with Gasteiger partial charge in [-0.1, -0.05) is 84.5 Å². The third-order valence-electron chi connectivity index (χ3n) is 3.59. The van der Waals surface area contributed by atoms with E-state index < -0.39 is 0 Å². The molecule has 0 unspecified atom stereocenters. The highest BCUT2D eigenvalue weighted by Gasteiger charge is 2.11. The van der Waals surface area contributed by atoms with Gasteiger partial charge in [0, 0.05) is 0 Å². The fourth-order valence-corrected chi connectivity index (χ4v) is 2.60. The third-order valence-corrected chi connectivity index (χ3v) is 3.59. The summed E-state index contributed by atoms with van der Waals surface area (Å²) in [4.78, 5) is 0. The molecule has 0 atom stereocenters. The van der Waals surface area contributed by atoms with E-state index in [1.807, 2.05) is 19.9 Å². The number of hydrogen-bond donors (Lipinski definition) is 0. The SMILES string of the molecule is C=c1cccc/c1=C(C)/C(=C/CC)C(=C\CC)/C(C)C.CC. The lowest BCUT2D eigenvalue weighted by molar-refractivity contribution is 0.775. The first-order chi connectivity index (χ1) is 10.5.